The molecule has 12 heteroatoms. The van der Waals surface area contributed by atoms with E-state index in [0.29, 0.717) is 0 Å². The van der Waals surface area contributed by atoms with Crippen LogP contribution in [0.15, 0.2) is 12.1 Å². The van der Waals surface area contributed by atoms with Gasteiger partial charge >= 0.3 is 6.09 Å². The number of carbonyl (C=O) groups is 2. The van der Waals surface area contributed by atoms with Gasteiger partial charge in [0.05, 0.1) is 24.8 Å². The summed E-state index contributed by atoms with van der Waals surface area (Å²) in [5.74, 6) is -2.01. The maximum absolute atomic E-state index is 14.8. The van der Waals surface area contributed by atoms with E-state index in [2.05, 4.69) is 5.32 Å². The number of carbonyl (C=O) groups excluding carboxylic acids is 2. The molecule has 0 saturated carbocycles. The Hall–Kier alpha value is -2.70. The minimum absolute atomic E-state index is 0.00381. The zero-order chi connectivity index (χ0) is 21.9. The molecule has 1 N–H and O–H groups in total. The van der Waals surface area contributed by atoms with Crippen molar-refractivity contribution in [2.24, 2.45) is 0 Å². The van der Waals surface area contributed by atoms with E-state index >= 15 is 0 Å². The fourth-order valence-corrected chi connectivity index (χ4v) is 5.24. The minimum Gasteiger partial charge on any atom is -0.442 e. The van der Waals surface area contributed by atoms with Crippen LogP contribution in [-0.2, 0) is 18.6 Å². The van der Waals surface area contributed by atoms with Crippen molar-refractivity contribution in [1.29, 1.82) is 5.26 Å². The summed E-state index contributed by atoms with van der Waals surface area (Å²) in [5.41, 5.74) is -0.267. The fourth-order valence-electron chi connectivity index (χ4n) is 3.38. The second-order valence-electron chi connectivity index (χ2n) is 6.99. The van der Waals surface area contributed by atoms with Crippen molar-refractivity contribution in [2.45, 2.75) is 13.0 Å². The smallest absolute Gasteiger partial charge is 0.414 e. The van der Waals surface area contributed by atoms with Crippen molar-refractivity contribution in [3.05, 3.63) is 23.8 Å². The Kier molecular flexibility index (Phi) is 6.58. The maximum Gasteiger partial charge on any atom is 0.414 e. The lowest BCUT2D eigenvalue weighted by Crippen LogP contribution is -2.36. The van der Waals surface area contributed by atoms with Gasteiger partial charge in [-0.2, -0.15) is 5.26 Å². The van der Waals surface area contributed by atoms with Gasteiger partial charge in [-0.25, -0.2) is 13.6 Å². The molecule has 2 heterocycles. The van der Waals surface area contributed by atoms with Crippen LogP contribution in [-0.4, -0.2) is 63.2 Å². The van der Waals surface area contributed by atoms with Crippen LogP contribution in [0.3, 0.4) is 0 Å². The first-order valence-electron chi connectivity index (χ1n) is 9.28. The number of rotatable bonds is 6. The molecule has 162 valence electrons. The van der Waals surface area contributed by atoms with E-state index in [4.69, 9.17) is 14.5 Å². The highest BCUT2D eigenvalue weighted by Gasteiger charge is 2.35. The standard InChI is InChI=1S/C18H21F2N4O5P/c1-12(25)22-10-14-11-24(18(26)29-14)13-8-15(19)17(16(20)9-13)23-3-6-30(27,7-4-23)28-5-2-21/h8-9,14H,3-7,10-11H2,1H3,(H,22,25)/t14-/m0/s1. The summed E-state index contributed by atoms with van der Waals surface area (Å²) in [5, 5.41) is 11.1. The highest BCUT2D eigenvalue weighted by molar-refractivity contribution is 7.59. The van der Waals surface area contributed by atoms with E-state index in [0.717, 1.165) is 17.0 Å². The van der Waals surface area contributed by atoms with E-state index in [9.17, 15) is 22.9 Å². The van der Waals surface area contributed by atoms with Crippen molar-refractivity contribution in [3.8, 4) is 6.07 Å². The van der Waals surface area contributed by atoms with Gasteiger partial charge in [0.15, 0.2) is 11.6 Å². The van der Waals surface area contributed by atoms with Gasteiger partial charge in [0, 0.05) is 44.5 Å². The second kappa shape index (κ2) is 8.98. The third kappa shape index (κ3) is 4.89. The molecule has 0 bridgehead atoms. The third-order valence-electron chi connectivity index (χ3n) is 4.87. The molecule has 3 rings (SSSR count). The molecule has 1 aromatic rings. The van der Waals surface area contributed by atoms with Gasteiger partial charge in [0.25, 0.3) is 0 Å². The van der Waals surface area contributed by atoms with Crippen molar-refractivity contribution >= 4 is 30.7 Å². The lowest BCUT2D eigenvalue weighted by molar-refractivity contribution is -0.119. The number of nitrogens with zero attached hydrogens (tertiary/aromatic N) is 3. The molecular weight excluding hydrogens is 421 g/mol. The van der Waals surface area contributed by atoms with Crippen LogP contribution in [0.5, 0.6) is 0 Å². The molecule has 2 fully saturated rings. The summed E-state index contributed by atoms with van der Waals surface area (Å²) in [6.45, 7) is 1.40. The Morgan fingerprint density at radius 2 is 2.00 bits per heavy atom. The maximum atomic E-state index is 14.8. The zero-order valence-corrected chi connectivity index (χ0v) is 17.2. The first-order chi connectivity index (χ1) is 14.2. The Morgan fingerprint density at radius 3 is 2.57 bits per heavy atom. The van der Waals surface area contributed by atoms with Crippen LogP contribution in [0, 0.1) is 23.0 Å². The van der Waals surface area contributed by atoms with Crippen LogP contribution >= 0.6 is 7.37 Å². The first-order valence-corrected chi connectivity index (χ1v) is 11.3. The number of anilines is 2. The molecule has 0 aliphatic carbocycles. The molecule has 0 unspecified atom stereocenters. The zero-order valence-electron chi connectivity index (χ0n) is 16.3. The monoisotopic (exact) mass is 442 g/mol. The molecular formula is C18H21F2N4O5P. The quantitative estimate of drug-likeness (QED) is 0.672. The Bertz CT molecular complexity index is 903. The average Bonchev–Trinajstić information content (AvgIpc) is 3.06. The number of nitriles is 1. The predicted octanol–water partition coefficient (Wildman–Crippen LogP) is 2.06. The van der Waals surface area contributed by atoms with Gasteiger partial charge in [-0.3, -0.25) is 14.3 Å². The molecule has 2 aliphatic rings. The van der Waals surface area contributed by atoms with Crippen LogP contribution < -0.4 is 15.1 Å². The SMILES string of the molecule is CC(=O)NC[C@H]1CN(c2cc(F)c(N3CCP(=O)(OCC#N)CC3)c(F)c2)C(=O)O1. The van der Waals surface area contributed by atoms with Crippen molar-refractivity contribution in [2.75, 3.05) is 54.9 Å². The number of amides is 2. The summed E-state index contributed by atoms with van der Waals surface area (Å²) in [7, 11) is -2.98. The normalized spacial score (nSPS) is 20.6. The van der Waals surface area contributed by atoms with Crippen LogP contribution in [0.25, 0.3) is 0 Å². The molecule has 30 heavy (non-hydrogen) atoms. The first kappa shape index (κ1) is 22.0. The molecule has 2 saturated heterocycles. The number of hydrogen-bond acceptors (Lipinski definition) is 7. The number of halogens is 2. The largest absolute Gasteiger partial charge is 0.442 e. The lowest BCUT2D eigenvalue weighted by Gasteiger charge is -2.33. The van der Waals surface area contributed by atoms with E-state index in [-0.39, 0.29) is 62.4 Å². The van der Waals surface area contributed by atoms with Crippen molar-refractivity contribution in [1.82, 2.24) is 5.32 Å². The molecule has 1 aromatic carbocycles. The molecule has 2 aliphatic heterocycles. The summed E-state index contributed by atoms with van der Waals surface area (Å²) in [4.78, 5) is 25.6. The molecule has 0 aromatic heterocycles. The fraction of sp³-hybridized carbons (Fsp3) is 0.500. The topological polar surface area (TPSA) is 112 Å². The van der Waals surface area contributed by atoms with Gasteiger partial charge in [0.2, 0.25) is 13.3 Å². The number of cyclic esters (lactones) is 1. The number of nitrogens with one attached hydrogen (secondary N) is 1. The van der Waals surface area contributed by atoms with Gasteiger partial charge in [-0.1, -0.05) is 0 Å². The average molecular weight is 442 g/mol. The van der Waals surface area contributed by atoms with E-state index in [1.807, 2.05) is 0 Å². The van der Waals surface area contributed by atoms with E-state index in [1.165, 1.54) is 11.8 Å². The summed E-state index contributed by atoms with van der Waals surface area (Å²) >= 11 is 0. The molecule has 1 atom stereocenters. The highest BCUT2D eigenvalue weighted by atomic mass is 31.2. The summed E-state index contributed by atoms with van der Waals surface area (Å²) < 4.78 is 52.2. The Labute approximate surface area is 172 Å². The van der Waals surface area contributed by atoms with E-state index in [1.54, 1.807) is 6.07 Å². The highest BCUT2D eigenvalue weighted by Crippen LogP contribution is 2.49. The Morgan fingerprint density at radius 1 is 1.37 bits per heavy atom. The second-order valence-corrected chi connectivity index (χ2v) is 9.77. The molecule has 9 nitrogen and oxygen atoms in total. The number of hydrogen-bond donors (Lipinski definition) is 1. The molecule has 2 amide bonds. The van der Waals surface area contributed by atoms with Crippen LogP contribution in [0.2, 0.25) is 0 Å². The van der Waals surface area contributed by atoms with Crippen molar-refractivity contribution in [3.63, 3.8) is 0 Å². The molecule has 0 radical (unpaired) electrons. The molecule has 0 spiro atoms. The summed E-state index contributed by atoms with van der Waals surface area (Å²) in [6, 6.07) is 3.85. The van der Waals surface area contributed by atoms with Gasteiger partial charge in [0.1, 0.15) is 18.4 Å². The lowest BCUT2D eigenvalue weighted by atomic mass is 10.2. The summed E-state index contributed by atoms with van der Waals surface area (Å²) in [6.07, 6.45) is -1.22. The van der Waals surface area contributed by atoms with Crippen LogP contribution in [0.1, 0.15) is 6.92 Å². The number of ether oxygens (including phenoxy) is 1. The predicted molar refractivity (Wildman–Crippen MR) is 104 cm³/mol. The Balaban J connectivity index is 1.71. The number of benzene rings is 1. The minimum atomic E-state index is -2.98. The van der Waals surface area contributed by atoms with Gasteiger partial charge < -0.3 is 19.5 Å². The van der Waals surface area contributed by atoms with Gasteiger partial charge in [-0.05, 0) is 0 Å². The third-order valence-corrected chi connectivity index (χ3v) is 7.23. The van der Waals surface area contributed by atoms with Gasteiger partial charge in [-0.15, -0.1) is 0 Å². The van der Waals surface area contributed by atoms with Crippen molar-refractivity contribution < 1.29 is 32.2 Å². The van der Waals surface area contributed by atoms with E-state index < -0.39 is 31.2 Å². The van der Waals surface area contributed by atoms with Crippen LogP contribution in [0.4, 0.5) is 25.0 Å².